The Kier molecular flexibility index (Phi) is 4.63. The molecule has 1 heterocycles. The number of rotatable bonds is 5. The minimum atomic E-state index is 0.749. The van der Waals surface area contributed by atoms with Crippen LogP contribution in [-0.4, -0.2) is 21.3 Å². The Balaban J connectivity index is 2.28. The predicted molar refractivity (Wildman–Crippen MR) is 74.0 cm³/mol. The van der Waals surface area contributed by atoms with E-state index in [1.807, 2.05) is 19.2 Å². The number of nitrogens with zero attached hydrogens (tertiary/aromatic N) is 3. The highest BCUT2D eigenvalue weighted by Gasteiger charge is 2.11. The molecule has 0 aliphatic heterocycles. The second-order valence-electron chi connectivity index (χ2n) is 3.78. The van der Waals surface area contributed by atoms with Gasteiger partial charge in [-0.05, 0) is 29.9 Å². The molecule has 1 aromatic heterocycles. The van der Waals surface area contributed by atoms with E-state index in [0.29, 0.717) is 0 Å². The third-order valence-corrected chi connectivity index (χ3v) is 4.14. The summed E-state index contributed by atoms with van der Waals surface area (Å²) in [4.78, 5) is 5.25. The van der Waals surface area contributed by atoms with Gasteiger partial charge in [-0.1, -0.05) is 30.7 Å². The molecule has 0 unspecified atom stereocenters. The summed E-state index contributed by atoms with van der Waals surface area (Å²) in [5.74, 6) is 0. The third-order valence-electron chi connectivity index (χ3n) is 2.48. The molecule has 0 fully saturated rings. The average Bonchev–Trinajstić information content (AvgIpc) is 2.76. The molecule has 6 heteroatoms. The van der Waals surface area contributed by atoms with Crippen molar-refractivity contribution in [2.24, 2.45) is 7.05 Å². The Morgan fingerprint density at radius 2 is 2.28 bits per heavy atom. The lowest BCUT2D eigenvalue weighted by Gasteiger charge is -2.10. The minimum Gasteiger partial charge on any atom is -0.313 e. The van der Waals surface area contributed by atoms with Gasteiger partial charge < -0.3 is 5.32 Å². The third kappa shape index (κ3) is 3.04. The van der Waals surface area contributed by atoms with Gasteiger partial charge in [-0.15, -0.1) is 0 Å². The first kappa shape index (κ1) is 13.4. The van der Waals surface area contributed by atoms with Crippen molar-refractivity contribution in [2.75, 3.05) is 6.54 Å². The molecular formula is C12H15ClN4S. The molecule has 0 bridgehead atoms. The van der Waals surface area contributed by atoms with Gasteiger partial charge in [0.25, 0.3) is 0 Å². The van der Waals surface area contributed by atoms with Crippen LogP contribution >= 0.6 is 23.4 Å². The highest BCUT2D eigenvalue weighted by molar-refractivity contribution is 7.99. The van der Waals surface area contributed by atoms with E-state index in [4.69, 9.17) is 11.6 Å². The maximum Gasteiger partial charge on any atom is 0.190 e. The van der Waals surface area contributed by atoms with E-state index in [1.54, 1.807) is 22.8 Å². The van der Waals surface area contributed by atoms with Crippen LogP contribution in [-0.2, 0) is 13.6 Å². The van der Waals surface area contributed by atoms with Crippen LogP contribution in [0.25, 0.3) is 0 Å². The number of nitrogens with one attached hydrogen (secondary N) is 1. The van der Waals surface area contributed by atoms with Gasteiger partial charge in [-0.25, -0.2) is 9.67 Å². The number of hydrogen-bond donors (Lipinski definition) is 1. The standard InChI is InChI=1S/C12H15ClN4S/c1-3-14-7-9-5-4-6-10(13)11(9)18-12-15-8-16-17(12)2/h4-6,8,14H,3,7H2,1-2H3. The molecular weight excluding hydrogens is 268 g/mol. The second-order valence-corrected chi connectivity index (χ2v) is 5.16. The van der Waals surface area contributed by atoms with Crippen molar-refractivity contribution in [2.45, 2.75) is 23.5 Å². The van der Waals surface area contributed by atoms with Crippen LogP contribution in [0.2, 0.25) is 5.02 Å². The molecule has 0 amide bonds. The van der Waals surface area contributed by atoms with Crippen molar-refractivity contribution < 1.29 is 0 Å². The van der Waals surface area contributed by atoms with Gasteiger partial charge in [-0.2, -0.15) is 5.10 Å². The van der Waals surface area contributed by atoms with Crippen molar-refractivity contribution in [3.63, 3.8) is 0 Å². The number of aromatic nitrogens is 3. The molecule has 96 valence electrons. The zero-order valence-electron chi connectivity index (χ0n) is 10.4. The van der Waals surface area contributed by atoms with Crippen molar-refractivity contribution in [3.05, 3.63) is 35.1 Å². The normalized spacial score (nSPS) is 10.8. The Morgan fingerprint density at radius 1 is 1.44 bits per heavy atom. The summed E-state index contributed by atoms with van der Waals surface area (Å²) in [5, 5.41) is 8.95. The first-order valence-electron chi connectivity index (χ1n) is 5.72. The topological polar surface area (TPSA) is 42.7 Å². The van der Waals surface area contributed by atoms with Crippen LogP contribution < -0.4 is 5.32 Å². The van der Waals surface area contributed by atoms with E-state index in [1.165, 1.54) is 5.56 Å². The average molecular weight is 283 g/mol. The van der Waals surface area contributed by atoms with Gasteiger partial charge in [0, 0.05) is 18.5 Å². The number of halogens is 1. The Hall–Kier alpha value is -1.04. The fraction of sp³-hybridized carbons (Fsp3) is 0.333. The molecule has 18 heavy (non-hydrogen) atoms. The molecule has 0 radical (unpaired) electrons. The van der Waals surface area contributed by atoms with E-state index in [9.17, 15) is 0 Å². The van der Waals surface area contributed by atoms with Crippen LogP contribution in [0, 0.1) is 0 Å². The summed E-state index contributed by atoms with van der Waals surface area (Å²) < 4.78 is 1.74. The van der Waals surface area contributed by atoms with Gasteiger partial charge in [-0.3, -0.25) is 0 Å². The lowest BCUT2D eigenvalue weighted by molar-refractivity contribution is 0.684. The molecule has 0 saturated heterocycles. The van der Waals surface area contributed by atoms with Gasteiger partial charge in [0.2, 0.25) is 0 Å². The summed E-state index contributed by atoms with van der Waals surface area (Å²) in [6.45, 7) is 3.82. The van der Waals surface area contributed by atoms with Crippen molar-refractivity contribution in [3.8, 4) is 0 Å². The smallest absolute Gasteiger partial charge is 0.190 e. The summed E-state index contributed by atoms with van der Waals surface area (Å²) in [5.41, 5.74) is 1.18. The van der Waals surface area contributed by atoms with E-state index < -0.39 is 0 Å². The van der Waals surface area contributed by atoms with Gasteiger partial charge in [0.15, 0.2) is 5.16 Å². The number of aryl methyl sites for hydroxylation is 1. The van der Waals surface area contributed by atoms with Crippen LogP contribution in [0.5, 0.6) is 0 Å². The molecule has 0 aliphatic rings. The highest BCUT2D eigenvalue weighted by Crippen LogP contribution is 2.34. The van der Waals surface area contributed by atoms with E-state index in [2.05, 4.69) is 28.4 Å². The first-order valence-corrected chi connectivity index (χ1v) is 6.91. The maximum atomic E-state index is 6.27. The molecule has 2 aromatic rings. The Labute approximate surface area is 116 Å². The fourth-order valence-corrected chi connectivity index (χ4v) is 2.74. The highest BCUT2D eigenvalue weighted by atomic mass is 35.5. The van der Waals surface area contributed by atoms with E-state index in [-0.39, 0.29) is 0 Å². The van der Waals surface area contributed by atoms with E-state index >= 15 is 0 Å². The zero-order chi connectivity index (χ0) is 13.0. The van der Waals surface area contributed by atoms with Crippen molar-refractivity contribution in [1.29, 1.82) is 0 Å². The van der Waals surface area contributed by atoms with Crippen molar-refractivity contribution in [1.82, 2.24) is 20.1 Å². The predicted octanol–water partition coefficient (Wildman–Crippen LogP) is 2.73. The molecule has 0 saturated carbocycles. The fourth-order valence-electron chi connectivity index (χ4n) is 1.54. The molecule has 1 N–H and O–H groups in total. The summed E-state index contributed by atoms with van der Waals surface area (Å²) in [6, 6.07) is 5.94. The maximum absolute atomic E-state index is 6.27. The largest absolute Gasteiger partial charge is 0.313 e. The van der Waals surface area contributed by atoms with Crippen LogP contribution in [0.3, 0.4) is 0 Å². The Morgan fingerprint density at radius 3 is 2.94 bits per heavy atom. The second kappa shape index (κ2) is 6.22. The zero-order valence-corrected chi connectivity index (χ0v) is 11.9. The quantitative estimate of drug-likeness (QED) is 0.916. The van der Waals surface area contributed by atoms with Crippen LogP contribution in [0.1, 0.15) is 12.5 Å². The summed E-state index contributed by atoms with van der Waals surface area (Å²) >= 11 is 7.81. The molecule has 4 nitrogen and oxygen atoms in total. The first-order chi connectivity index (χ1) is 8.72. The van der Waals surface area contributed by atoms with Crippen molar-refractivity contribution >= 4 is 23.4 Å². The lowest BCUT2D eigenvalue weighted by atomic mass is 10.2. The van der Waals surface area contributed by atoms with Crippen LogP contribution in [0.15, 0.2) is 34.6 Å². The molecule has 0 spiro atoms. The number of hydrogen-bond acceptors (Lipinski definition) is 4. The summed E-state index contributed by atoms with van der Waals surface area (Å²) in [6.07, 6.45) is 1.54. The monoisotopic (exact) mass is 282 g/mol. The lowest BCUT2D eigenvalue weighted by Crippen LogP contribution is -2.12. The van der Waals surface area contributed by atoms with E-state index in [0.717, 1.165) is 28.2 Å². The van der Waals surface area contributed by atoms with Gasteiger partial charge in [0.1, 0.15) is 6.33 Å². The molecule has 1 aromatic carbocycles. The van der Waals surface area contributed by atoms with Crippen LogP contribution in [0.4, 0.5) is 0 Å². The van der Waals surface area contributed by atoms with Gasteiger partial charge >= 0.3 is 0 Å². The minimum absolute atomic E-state index is 0.749. The SMILES string of the molecule is CCNCc1cccc(Cl)c1Sc1ncnn1C. The molecule has 0 aliphatic carbocycles. The van der Waals surface area contributed by atoms with Gasteiger partial charge in [0.05, 0.1) is 5.02 Å². The summed E-state index contributed by atoms with van der Waals surface area (Å²) in [7, 11) is 1.87. The Bertz CT molecular complexity index is 527. The molecule has 0 atom stereocenters. The molecule has 2 rings (SSSR count). The number of benzene rings is 1.